The molecule has 9 heteroatoms. The molecule has 2 aliphatic rings. The second-order valence-corrected chi connectivity index (χ2v) is 10.4. The number of carbonyl (C=O) groups is 1. The first-order valence-corrected chi connectivity index (χ1v) is 12.7. The van der Waals surface area contributed by atoms with E-state index in [1.807, 2.05) is 56.8 Å². The van der Waals surface area contributed by atoms with Crippen molar-refractivity contribution in [3.05, 3.63) is 53.4 Å². The van der Waals surface area contributed by atoms with E-state index in [0.717, 1.165) is 39.5 Å². The highest BCUT2D eigenvalue weighted by molar-refractivity contribution is 5.96. The predicted molar refractivity (Wildman–Crippen MR) is 137 cm³/mol. The topological polar surface area (TPSA) is 117 Å². The summed E-state index contributed by atoms with van der Waals surface area (Å²) in [4.78, 5) is 17.2. The van der Waals surface area contributed by atoms with E-state index >= 15 is 0 Å². The molecule has 3 aromatic heterocycles. The van der Waals surface area contributed by atoms with E-state index in [1.54, 1.807) is 6.20 Å². The van der Waals surface area contributed by atoms with Gasteiger partial charge in [-0.05, 0) is 81.9 Å². The normalized spacial score (nSPS) is 16.5. The fraction of sp³-hybridized carbons (Fsp3) is 0.444. The fourth-order valence-corrected chi connectivity index (χ4v) is 5.56. The summed E-state index contributed by atoms with van der Waals surface area (Å²) >= 11 is 0. The number of nitrogens with zero attached hydrogens (tertiary/aromatic N) is 5. The van der Waals surface area contributed by atoms with Crippen molar-refractivity contribution < 1.29 is 4.79 Å². The van der Waals surface area contributed by atoms with E-state index < -0.39 is 0 Å². The van der Waals surface area contributed by atoms with Gasteiger partial charge in [-0.25, -0.2) is 0 Å². The predicted octanol–water partition coefficient (Wildman–Crippen LogP) is 4.68. The van der Waals surface area contributed by atoms with Crippen LogP contribution in [0.4, 0.5) is 5.69 Å². The Hall–Kier alpha value is -3.75. The Morgan fingerprint density at radius 1 is 1.06 bits per heavy atom. The van der Waals surface area contributed by atoms with Crippen LogP contribution in [-0.2, 0) is 11.8 Å². The van der Waals surface area contributed by atoms with Crippen LogP contribution in [0.15, 0.2) is 30.5 Å². The fourth-order valence-electron chi connectivity index (χ4n) is 5.56. The Labute approximate surface area is 210 Å². The largest absolute Gasteiger partial charge is 0.325 e. The number of hydrogen-bond acceptors (Lipinski definition) is 5. The standard InChI is InChI=1S/C27H32N8O/c1-14-22(15(2)32-31-14)17-9-11-20(12-10-17)29-27(36)24(23(18-5-6-18)19-7-8-19)26-30-25(33-34-26)21-13-28-35(4)16(21)3/h9-13,18-19,23-24H,5-8H2,1-4H3,(H,29,36)(H,31,32)(H,30,33,34). The Bertz CT molecular complexity index is 1370. The van der Waals surface area contributed by atoms with E-state index in [-0.39, 0.29) is 17.7 Å². The molecule has 1 unspecified atom stereocenters. The van der Waals surface area contributed by atoms with Crippen molar-refractivity contribution in [3.8, 4) is 22.5 Å². The van der Waals surface area contributed by atoms with Crippen LogP contribution in [0.5, 0.6) is 0 Å². The molecule has 186 valence electrons. The van der Waals surface area contributed by atoms with Crippen molar-refractivity contribution >= 4 is 11.6 Å². The van der Waals surface area contributed by atoms with E-state index in [9.17, 15) is 4.79 Å². The van der Waals surface area contributed by atoms with Gasteiger partial charge < -0.3 is 10.3 Å². The molecule has 0 radical (unpaired) electrons. The van der Waals surface area contributed by atoms with Crippen LogP contribution < -0.4 is 5.32 Å². The van der Waals surface area contributed by atoms with E-state index in [4.69, 9.17) is 0 Å². The van der Waals surface area contributed by atoms with Crippen molar-refractivity contribution in [1.29, 1.82) is 0 Å². The third kappa shape index (κ3) is 4.12. The second-order valence-electron chi connectivity index (χ2n) is 10.4. The van der Waals surface area contributed by atoms with Gasteiger partial charge in [0.25, 0.3) is 0 Å². The van der Waals surface area contributed by atoms with Gasteiger partial charge in [-0.1, -0.05) is 12.1 Å². The van der Waals surface area contributed by atoms with Gasteiger partial charge in [0.1, 0.15) is 11.7 Å². The Kier molecular flexibility index (Phi) is 5.50. The SMILES string of the molecule is Cc1n[nH]c(C)c1-c1ccc(NC(=O)C(c2nnc(-c3cnn(C)c3C)[nH]2)C(C2CC2)C2CC2)cc1. The third-order valence-corrected chi connectivity index (χ3v) is 7.86. The van der Waals surface area contributed by atoms with E-state index in [0.29, 0.717) is 23.5 Å². The molecule has 3 N–H and O–H groups in total. The Morgan fingerprint density at radius 3 is 2.31 bits per heavy atom. The Morgan fingerprint density at radius 2 is 1.75 bits per heavy atom. The van der Waals surface area contributed by atoms with Crippen LogP contribution in [0.2, 0.25) is 0 Å². The van der Waals surface area contributed by atoms with Crippen molar-refractivity contribution in [2.45, 2.75) is 52.4 Å². The summed E-state index contributed by atoms with van der Waals surface area (Å²) in [5.41, 5.74) is 6.87. The first-order valence-electron chi connectivity index (χ1n) is 12.7. The van der Waals surface area contributed by atoms with Gasteiger partial charge in [-0.2, -0.15) is 10.2 Å². The number of aryl methyl sites for hydroxylation is 3. The van der Waals surface area contributed by atoms with Crippen molar-refractivity contribution in [3.63, 3.8) is 0 Å². The molecular formula is C27H32N8O. The average Bonchev–Trinajstić information content (AvgIpc) is 3.78. The number of anilines is 1. The zero-order chi connectivity index (χ0) is 25.0. The molecule has 9 nitrogen and oxygen atoms in total. The quantitative estimate of drug-likeness (QED) is 0.336. The summed E-state index contributed by atoms with van der Waals surface area (Å²) in [5, 5.41) is 23.8. The van der Waals surface area contributed by atoms with Gasteiger partial charge in [0.05, 0.1) is 17.5 Å². The molecule has 6 rings (SSSR count). The number of benzene rings is 1. The molecule has 3 heterocycles. The number of aromatic nitrogens is 7. The number of amides is 1. The monoisotopic (exact) mass is 484 g/mol. The zero-order valence-corrected chi connectivity index (χ0v) is 21.2. The van der Waals surface area contributed by atoms with Gasteiger partial charge in [0, 0.05) is 29.7 Å². The highest BCUT2D eigenvalue weighted by Crippen LogP contribution is 2.54. The van der Waals surface area contributed by atoms with Crippen LogP contribution in [0.25, 0.3) is 22.5 Å². The van der Waals surface area contributed by atoms with Gasteiger partial charge >= 0.3 is 0 Å². The molecular weight excluding hydrogens is 452 g/mol. The molecule has 36 heavy (non-hydrogen) atoms. The Balaban J connectivity index is 1.29. The summed E-state index contributed by atoms with van der Waals surface area (Å²) in [6, 6.07) is 7.99. The summed E-state index contributed by atoms with van der Waals surface area (Å²) in [7, 11) is 1.91. The summed E-state index contributed by atoms with van der Waals surface area (Å²) in [5.74, 6) is 2.38. The molecule has 0 aliphatic heterocycles. The lowest BCUT2D eigenvalue weighted by Gasteiger charge is -2.24. The summed E-state index contributed by atoms with van der Waals surface area (Å²) in [6.07, 6.45) is 6.54. The number of nitrogens with one attached hydrogen (secondary N) is 3. The zero-order valence-electron chi connectivity index (χ0n) is 21.2. The van der Waals surface area contributed by atoms with E-state index in [1.165, 1.54) is 25.7 Å². The minimum absolute atomic E-state index is 0.0205. The first-order chi connectivity index (χ1) is 17.4. The molecule has 2 saturated carbocycles. The van der Waals surface area contributed by atoms with Gasteiger partial charge in [-0.3, -0.25) is 14.6 Å². The molecule has 2 fully saturated rings. The smallest absolute Gasteiger partial charge is 0.235 e. The van der Waals surface area contributed by atoms with Crippen molar-refractivity contribution in [2.24, 2.45) is 24.8 Å². The highest BCUT2D eigenvalue weighted by Gasteiger charge is 2.49. The average molecular weight is 485 g/mol. The van der Waals surface area contributed by atoms with Crippen LogP contribution >= 0.6 is 0 Å². The van der Waals surface area contributed by atoms with Crippen LogP contribution in [-0.4, -0.2) is 41.1 Å². The number of H-pyrrole nitrogens is 2. The maximum absolute atomic E-state index is 13.8. The first kappa shape index (κ1) is 22.7. The maximum atomic E-state index is 13.8. The molecule has 0 bridgehead atoms. The van der Waals surface area contributed by atoms with Crippen LogP contribution in [0.3, 0.4) is 0 Å². The lowest BCUT2D eigenvalue weighted by atomic mass is 9.82. The lowest BCUT2D eigenvalue weighted by Crippen LogP contribution is -2.31. The molecule has 2 aliphatic carbocycles. The minimum atomic E-state index is -0.360. The number of hydrogen-bond donors (Lipinski definition) is 3. The highest BCUT2D eigenvalue weighted by atomic mass is 16.2. The van der Waals surface area contributed by atoms with Gasteiger partial charge in [0.2, 0.25) is 5.91 Å². The number of carbonyl (C=O) groups excluding carboxylic acids is 1. The summed E-state index contributed by atoms with van der Waals surface area (Å²) < 4.78 is 1.81. The third-order valence-electron chi connectivity index (χ3n) is 7.86. The van der Waals surface area contributed by atoms with Crippen molar-refractivity contribution in [2.75, 3.05) is 5.32 Å². The lowest BCUT2D eigenvalue weighted by molar-refractivity contribution is -0.119. The molecule has 1 aromatic carbocycles. The molecule has 1 amide bonds. The molecule has 0 saturated heterocycles. The molecule has 1 atom stereocenters. The van der Waals surface area contributed by atoms with Crippen LogP contribution in [0.1, 0.15) is 54.5 Å². The van der Waals surface area contributed by atoms with Crippen molar-refractivity contribution in [1.82, 2.24) is 35.2 Å². The summed E-state index contributed by atoms with van der Waals surface area (Å²) in [6.45, 7) is 6.01. The number of rotatable bonds is 8. The van der Waals surface area contributed by atoms with Gasteiger partial charge in [-0.15, -0.1) is 10.2 Å². The molecule has 4 aromatic rings. The van der Waals surface area contributed by atoms with Gasteiger partial charge in [0.15, 0.2) is 5.82 Å². The van der Waals surface area contributed by atoms with E-state index in [2.05, 4.69) is 35.8 Å². The maximum Gasteiger partial charge on any atom is 0.235 e. The molecule has 0 spiro atoms. The van der Waals surface area contributed by atoms with Crippen LogP contribution in [0, 0.1) is 38.5 Å². The minimum Gasteiger partial charge on any atom is -0.325 e. The second kappa shape index (κ2) is 8.72. The number of aromatic amines is 2.